The zero-order chi connectivity index (χ0) is 15.9. The molecule has 0 aliphatic carbocycles. The molecule has 0 fully saturated rings. The highest BCUT2D eigenvalue weighted by molar-refractivity contribution is 6.32. The lowest BCUT2D eigenvalue weighted by atomic mass is 10.3. The molecule has 0 aliphatic heterocycles. The molecule has 0 saturated heterocycles. The largest absolute Gasteiger partial charge is 0.495 e. The van der Waals surface area contributed by atoms with Gasteiger partial charge in [-0.2, -0.15) is 0 Å². The van der Waals surface area contributed by atoms with E-state index in [1.54, 1.807) is 30.3 Å². The molecule has 0 saturated carbocycles. The fourth-order valence-electron chi connectivity index (χ4n) is 1.74. The summed E-state index contributed by atoms with van der Waals surface area (Å²) in [6.45, 7) is 2.87. The Morgan fingerprint density at radius 3 is 2.68 bits per heavy atom. The van der Waals surface area contributed by atoms with Gasteiger partial charge >= 0.3 is 0 Å². The maximum absolute atomic E-state index is 12.1. The first-order valence-corrected chi connectivity index (χ1v) is 7.24. The number of anilines is 2. The summed E-state index contributed by atoms with van der Waals surface area (Å²) in [5.74, 6) is 0.840. The Morgan fingerprint density at radius 2 is 2.09 bits per heavy atom. The van der Waals surface area contributed by atoms with Crippen LogP contribution in [0, 0.1) is 0 Å². The molecular weight excluding hydrogens is 304 g/mol. The van der Waals surface area contributed by atoms with E-state index in [0.717, 1.165) is 13.0 Å². The summed E-state index contributed by atoms with van der Waals surface area (Å²) in [5.41, 5.74) is 0.791. The summed E-state index contributed by atoms with van der Waals surface area (Å²) in [6.07, 6.45) is 0.988. The smallest absolute Gasteiger partial charge is 0.276 e. The van der Waals surface area contributed by atoms with Crippen LogP contribution in [0.2, 0.25) is 5.02 Å². The van der Waals surface area contributed by atoms with Gasteiger partial charge in [0, 0.05) is 12.2 Å². The molecule has 22 heavy (non-hydrogen) atoms. The Bertz CT molecular complexity index is 646. The number of nitrogens with zero attached hydrogens (tertiary/aromatic N) is 2. The van der Waals surface area contributed by atoms with Crippen LogP contribution >= 0.6 is 11.6 Å². The molecule has 2 rings (SSSR count). The molecule has 2 aromatic rings. The molecule has 1 aromatic heterocycles. The second-order valence-electron chi connectivity index (χ2n) is 4.53. The van der Waals surface area contributed by atoms with Crippen LogP contribution in [0.3, 0.4) is 0 Å². The Balaban J connectivity index is 2.04. The van der Waals surface area contributed by atoms with E-state index in [1.165, 1.54) is 7.11 Å². The number of hydrogen-bond acceptors (Lipinski definition) is 5. The summed E-state index contributed by atoms with van der Waals surface area (Å²) in [6, 6.07) is 8.33. The van der Waals surface area contributed by atoms with Gasteiger partial charge in [0.1, 0.15) is 11.6 Å². The van der Waals surface area contributed by atoms with E-state index >= 15 is 0 Å². The summed E-state index contributed by atoms with van der Waals surface area (Å²) in [4.78, 5) is 12.1. The Labute approximate surface area is 133 Å². The Morgan fingerprint density at radius 1 is 1.27 bits per heavy atom. The van der Waals surface area contributed by atoms with Crippen LogP contribution in [-0.4, -0.2) is 29.8 Å². The fraction of sp³-hybridized carbons (Fsp3) is 0.267. The molecule has 7 heteroatoms. The molecule has 116 valence electrons. The lowest BCUT2D eigenvalue weighted by Gasteiger charge is -2.08. The summed E-state index contributed by atoms with van der Waals surface area (Å²) < 4.78 is 5.06. The number of carbonyl (C=O) groups is 1. The third-order valence-electron chi connectivity index (χ3n) is 2.86. The van der Waals surface area contributed by atoms with Crippen molar-refractivity contribution in [3.05, 3.63) is 41.0 Å². The molecule has 1 heterocycles. The summed E-state index contributed by atoms with van der Waals surface area (Å²) in [7, 11) is 1.53. The number of amides is 1. The molecule has 0 bridgehead atoms. The monoisotopic (exact) mass is 320 g/mol. The number of rotatable bonds is 6. The second kappa shape index (κ2) is 7.61. The summed E-state index contributed by atoms with van der Waals surface area (Å²) >= 11 is 6.02. The Hall–Kier alpha value is -2.34. The van der Waals surface area contributed by atoms with Crippen LogP contribution in [-0.2, 0) is 0 Å². The number of aromatic nitrogens is 2. The van der Waals surface area contributed by atoms with E-state index in [2.05, 4.69) is 27.8 Å². The minimum absolute atomic E-state index is 0.231. The van der Waals surface area contributed by atoms with Gasteiger partial charge in [0.2, 0.25) is 0 Å². The van der Waals surface area contributed by atoms with Gasteiger partial charge in [-0.05, 0) is 36.8 Å². The number of halogens is 1. The van der Waals surface area contributed by atoms with Crippen LogP contribution < -0.4 is 15.4 Å². The van der Waals surface area contributed by atoms with Crippen LogP contribution in [0.1, 0.15) is 23.8 Å². The molecule has 0 unspecified atom stereocenters. The lowest BCUT2D eigenvalue weighted by molar-refractivity contribution is 0.102. The highest BCUT2D eigenvalue weighted by Gasteiger charge is 2.10. The molecule has 0 radical (unpaired) electrons. The molecular formula is C15H17ClN4O2. The number of carbonyl (C=O) groups excluding carboxylic acids is 1. The van der Waals surface area contributed by atoms with Gasteiger partial charge in [0.25, 0.3) is 5.91 Å². The quantitative estimate of drug-likeness (QED) is 0.854. The minimum Gasteiger partial charge on any atom is -0.495 e. The van der Waals surface area contributed by atoms with E-state index in [9.17, 15) is 4.79 Å². The van der Waals surface area contributed by atoms with Crippen LogP contribution in [0.4, 0.5) is 11.5 Å². The fourth-order valence-corrected chi connectivity index (χ4v) is 2.00. The van der Waals surface area contributed by atoms with Crippen LogP contribution in [0.5, 0.6) is 5.75 Å². The third kappa shape index (κ3) is 4.08. The number of benzene rings is 1. The van der Waals surface area contributed by atoms with Crippen molar-refractivity contribution >= 4 is 29.0 Å². The first-order chi connectivity index (χ1) is 10.6. The topological polar surface area (TPSA) is 76.1 Å². The van der Waals surface area contributed by atoms with Gasteiger partial charge in [0.15, 0.2) is 5.69 Å². The minimum atomic E-state index is -0.351. The zero-order valence-corrected chi connectivity index (χ0v) is 13.1. The van der Waals surface area contributed by atoms with Gasteiger partial charge in [-0.15, -0.1) is 10.2 Å². The van der Waals surface area contributed by atoms with E-state index < -0.39 is 0 Å². The second-order valence-corrected chi connectivity index (χ2v) is 4.94. The first-order valence-electron chi connectivity index (χ1n) is 6.86. The van der Waals surface area contributed by atoms with Crippen molar-refractivity contribution < 1.29 is 9.53 Å². The van der Waals surface area contributed by atoms with E-state index in [1.807, 2.05) is 0 Å². The van der Waals surface area contributed by atoms with E-state index in [0.29, 0.717) is 22.3 Å². The first kappa shape index (κ1) is 16.0. The molecule has 0 spiro atoms. The number of hydrogen-bond donors (Lipinski definition) is 2. The van der Waals surface area contributed by atoms with Crippen LogP contribution in [0.25, 0.3) is 0 Å². The highest BCUT2D eigenvalue weighted by atomic mass is 35.5. The van der Waals surface area contributed by atoms with Gasteiger partial charge in [-0.3, -0.25) is 4.79 Å². The van der Waals surface area contributed by atoms with Crippen molar-refractivity contribution in [1.82, 2.24) is 10.2 Å². The predicted octanol–water partition coefficient (Wildman–Crippen LogP) is 3.21. The molecule has 2 N–H and O–H groups in total. The van der Waals surface area contributed by atoms with E-state index in [4.69, 9.17) is 16.3 Å². The van der Waals surface area contributed by atoms with Gasteiger partial charge < -0.3 is 15.4 Å². The van der Waals surface area contributed by atoms with Crippen molar-refractivity contribution in [2.24, 2.45) is 0 Å². The number of methoxy groups -OCH3 is 1. The van der Waals surface area contributed by atoms with Crippen molar-refractivity contribution in [1.29, 1.82) is 0 Å². The standard InChI is InChI=1S/C15H17ClN4O2/c1-3-8-17-14-7-5-12(19-20-14)15(21)18-10-4-6-13(22-2)11(16)9-10/h4-7,9H,3,8H2,1-2H3,(H,17,20)(H,18,21). The molecule has 0 aliphatic rings. The Kier molecular flexibility index (Phi) is 5.55. The van der Waals surface area contributed by atoms with Crippen molar-refractivity contribution in [2.45, 2.75) is 13.3 Å². The van der Waals surface area contributed by atoms with Crippen LogP contribution in [0.15, 0.2) is 30.3 Å². The SMILES string of the molecule is CCCNc1ccc(C(=O)Nc2ccc(OC)c(Cl)c2)nn1. The van der Waals surface area contributed by atoms with Crippen molar-refractivity contribution in [2.75, 3.05) is 24.3 Å². The van der Waals surface area contributed by atoms with Gasteiger partial charge in [-0.25, -0.2) is 0 Å². The third-order valence-corrected chi connectivity index (χ3v) is 3.16. The average molecular weight is 321 g/mol. The lowest BCUT2D eigenvalue weighted by Crippen LogP contribution is -2.15. The highest BCUT2D eigenvalue weighted by Crippen LogP contribution is 2.27. The molecule has 6 nitrogen and oxygen atoms in total. The maximum Gasteiger partial charge on any atom is 0.276 e. The molecule has 1 amide bonds. The number of ether oxygens (including phenoxy) is 1. The van der Waals surface area contributed by atoms with Crippen molar-refractivity contribution in [3.63, 3.8) is 0 Å². The van der Waals surface area contributed by atoms with Gasteiger partial charge in [0.05, 0.1) is 12.1 Å². The molecule has 1 aromatic carbocycles. The average Bonchev–Trinajstić information content (AvgIpc) is 2.53. The van der Waals surface area contributed by atoms with E-state index in [-0.39, 0.29) is 11.6 Å². The maximum atomic E-state index is 12.1. The van der Waals surface area contributed by atoms with Gasteiger partial charge in [-0.1, -0.05) is 18.5 Å². The van der Waals surface area contributed by atoms with Crippen molar-refractivity contribution in [3.8, 4) is 5.75 Å². The number of nitrogens with one attached hydrogen (secondary N) is 2. The zero-order valence-electron chi connectivity index (χ0n) is 12.4. The normalized spacial score (nSPS) is 10.1. The summed E-state index contributed by atoms with van der Waals surface area (Å²) in [5, 5.41) is 14.1. The molecule has 0 atom stereocenters. The predicted molar refractivity (Wildman–Crippen MR) is 86.8 cm³/mol.